The molecule has 3 atom stereocenters. The monoisotopic (exact) mass is 200 g/mol. The molecule has 0 saturated heterocycles. The minimum absolute atomic E-state index is 0.0604. The summed E-state index contributed by atoms with van der Waals surface area (Å²) in [5, 5.41) is 10.5. The minimum atomic E-state index is -0.553. The van der Waals surface area contributed by atoms with Gasteiger partial charge in [-0.2, -0.15) is 0 Å². The SMILES string of the molecule is CCC(C)CC1(O)CCCCC1OC. The van der Waals surface area contributed by atoms with Gasteiger partial charge in [0.2, 0.25) is 0 Å². The van der Waals surface area contributed by atoms with Crippen LogP contribution in [0.5, 0.6) is 0 Å². The Balaban J connectivity index is 2.57. The maximum absolute atomic E-state index is 10.5. The summed E-state index contributed by atoms with van der Waals surface area (Å²) < 4.78 is 5.40. The standard InChI is InChI=1S/C12H24O2/c1-4-10(2)9-12(13)8-6-5-7-11(12)14-3/h10-11,13H,4-9H2,1-3H3. The maximum Gasteiger partial charge on any atom is 0.0910 e. The highest BCUT2D eigenvalue weighted by atomic mass is 16.5. The molecule has 0 aliphatic heterocycles. The first-order valence-electron chi connectivity index (χ1n) is 5.87. The van der Waals surface area contributed by atoms with Crippen molar-refractivity contribution in [3.63, 3.8) is 0 Å². The molecule has 0 aromatic heterocycles. The number of rotatable bonds is 4. The molecule has 1 rings (SSSR count). The molecule has 1 fully saturated rings. The van der Waals surface area contributed by atoms with Crippen LogP contribution >= 0.6 is 0 Å². The second kappa shape index (κ2) is 5.13. The number of methoxy groups -OCH3 is 1. The fourth-order valence-corrected chi connectivity index (χ4v) is 2.51. The van der Waals surface area contributed by atoms with Crippen LogP contribution in [0.25, 0.3) is 0 Å². The van der Waals surface area contributed by atoms with E-state index in [2.05, 4.69) is 13.8 Å². The Bertz CT molecular complexity index is 170. The van der Waals surface area contributed by atoms with Gasteiger partial charge in [-0.1, -0.05) is 33.1 Å². The van der Waals surface area contributed by atoms with Gasteiger partial charge >= 0.3 is 0 Å². The summed E-state index contributed by atoms with van der Waals surface area (Å²) in [4.78, 5) is 0. The summed E-state index contributed by atoms with van der Waals surface area (Å²) in [5.41, 5.74) is -0.553. The van der Waals surface area contributed by atoms with Gasteiger partial charge in [0.1, 0.15) is 0 Å². The third-order valence-corrected chi connectivity index (χ3v) is 3.61. The third-order valence-electron chi connectivity index (χ3n) is 3.61. The van der Waals surface area contributed by atoms with E-state index < -0.39 is 5.60 Å². The predicted molar refractivity (Wildman–Crippen MR) is 58.3 cm³/mol. The molecule has 0 aromatic carbocycles. The summed E-state index contributed by atoms with van der Waals surface area (Å²) >= 11 is 0. The van der Waals surface area contributed by atoms with Gasteiger partial charge in [0.25, 0.3) is 0 Å². The molecule has 0 heterocycles. The molecule has 14 heavy (non-hydrogen) atoms. The first-order chi connectivity index (χ1) is 6.62. The van der Waals surface area contributed by atoms with Crippen LogP contribution < -0.4 is 0 Å². The molecule has 0 amide bonds. The van der Waals surface area contributed by atoms with Crippen molar-refractivity contribution < 1.29 is 9.84 Å². The summed E-state index contributed by atoms with van der Waals surface area (Å²) in [6.45, 7) is 4.39. The van der Waals surface area contributed by atoms with Gasteiger partial charge in [0, 0.05) is 7.11 Å². The van der Waals surface area contributed by atoms with E-state index in [1.165, 1.54) is 6.42 Å². The maximum atomic E-state index is 10.5. The van der Waals surface area contributed by atoms with E-state index in [1.54, 1.807) is 7.11 Å². The Labute approximate surface area is 87.7 Å². The molecule has 84 valence electrons. The Kier molecular flexibility index (Phi) is 4.39. The van der Waals surface area contributed by atoms with Crippen LogP contribution in [-0.2, 0) is 4.74 Å². The molecule has 0 aromatic rings. The zero-order valence-corrected chi connectivity index (χ0v) is 9.75. The Morgan fingerprint density at radius 1 is 1.50 bits per heavy atom. The molecule has 1 aliphatic rings. The quantitative estimate of drug-likeness (QED) is 0.756. The minimum Gasteiger partial charge on any atom is -0.387 e. The largest absolute Gasteiger partial charge is 0.387 e. The zero-order valence-electron chi connectivity index (χ0n) is 9.75. The van der Waals surface area contributed by atoms with E-state index in [4.69, 9.17) is 4.74 Å². The molecule has 2 heteroatoms. The van der Waals surface area contributed by atoms with Crippen LogP contribution in [-0.4, -0.2) is 23.9 Å². The van der Waals surface area contributed by atoms with Crippen molar-refractivity contribution in [3.05, 3.63) is 0 Å². The van der Waals surface area contributed by atoms with Crippen LogP contribution in [0, 0.1) is 5.92 Å². The molecule has 0 spiro atoms. The molecule has 2 nitrogen and oxygen atoms in total. The van der Waals surface area contributed by atoms with Crippen molar-refractivity contribution >= 4 is 0 Å². The molecule has 0 bridgehead atoms. The number of ether oxygens (including phenoxy) is 1. The average molecular weight is 200 g/mol. The highest BCUT2D eigenvalue weighted by molar-refractivity contribution is 4.91. The van der Waals surface area contributed by atoms with Gasteiger partial charge in [-0.05, 0) is 25.2 Å². The van der Waals surface area contributed by atoms with Crippen LogP contribution in [0.4, 0.5) is 0 Å². The first-order valence-corrected chi connectivity index (χ1v) is 5.87. The molecular weight excluding hydrogens is 176 g/mol. The van der Waals surface area contributed by atoms with Gasteiger partial charge in [-0.15, -0.1) is 0 Å². The van der Waals surface area contributed by atoms with Gasteiger partial charge in [-0.25, -0.2) is 0 Å². The van der Waals surface area contributed by atoms with Crippen molar-refractivity contribution in [3.8, 4) is 0 Å². The summed E-state index contributed by atoms with van der Waals surface area (Å²) in [7, 11) is 1.72. The van der Waals surface area contributed by atoms with Gasteiger partial charge < -0.3 is 9.84 Å². The smallest absolute Gasteiger partial charge is 0.0910 e. The topological polar surface area (TPSA) is 29.5 Å². The van der Waals surface area contributed by atoms with Crippen LogP contribution in [0.1, 0.15) is 52.4 Å². The van der Waals surface area contributed by atoms with Crippen LogP contribution in [0.3, 0.4) is 0 Å². The van der Waals surface area contributed by atoms with Crippen molar-refractivity contribution in [2.75, 3.05) is 7.11 Å². The second-order valence-electron chi connectivity index (χ2n) is 4.79. The molecule has 3 unspecified atom stereocenters. The van der Waals surface area contributed by atoms with Gasteiger partial charge in [-0.3, -0.25) is 0 Å². The normalized spacial score (nSPS) is 35.6. The van der Waals surface area contributed by atoms with E-state index in [1.807, 2.05) is 0 Å². The Morgan fingerprint density at radius 2 is 2.21 bits per heavy atom. The van der Waals surface area contributed by atoms with Crippen LogP contribution in [0.2, 0.25) is 0 Å². The zero-order chi connectivity index (χ0) is 10.6. The molecule has 0 radical (unpaired) electrons. The van der Waals surface area contributed by atoms with Gasteiger partial charge in [0.05, 0.1) is 11.7 Å². The van der Waals surface area contributed by atoms with Crippen molar-refractivity contribution in [2.24, 2.45) is 5.92 Å². The van der Waals surface area contributed by atoms with Crippen molar-refractivity contribution in [2.45, 2.75) is 64.1 Å². The summed E-state index contributed by atoms with van der Waals surface area (Å²) in [6, 6.07) is 0. The number of hydrogen-bond donors (Lipinski definition) is 1. The van der Waals surface area contributed by atoms with E-state index in [9.17, 15) is 5.11 Å². The van der Waals surface area contributed by atoms with Gasteiger partial charge in [0.15, 0.2) is 0 Å². The van der Waals surface area contributed by atoms with E-state index in [-0.39, 0.29) is 6.10 Å². The number of hydrogen-bond acceptors (Lipinski definition) is 2. The average Bonchev–Trinajstić information content (AvgIpc) is 2.18. The molecule has 1 saturated carbocycles. The molecular formula is C12H24O2. The fourth-order valence-electron chi connectivity index (χ4n) is 2.51. The van der Waals surface area contributed by atoms with Crippen molar-refractivity contribution in [1.29, 1.82) is 0 Å². The lowest BCUT2D eigenvalue weighted by atomic mass is 9.76. The summed E-state index contributed by atoms with van der Waals surface area (Å²) in [5.74, 6) is 0.593. The first kappa shape index (κ1) is 12.0. The predicted octanol–water partition coefficient (Wildman–Crippen LogP) is 2.74. The van der Waals surface area contributed by atoms with E-state index in [0.717, 1.165) is 32.1 Å². The van der Waals surface area contributed by atoms with Crippen LogP contribution in [0.15, 0.2) is 0 Å². The highest BCUT2D eigenvalue weighted by Crippen LogP contribution is 2.35. The second-order valence-corrected chi connectivity index (χ2v) is 4.79. The summed E-state index contributed by atoms with van der Waals surface area (Å²) in [6.07, 6.45) is 6.36. The lowest BCUT2D eigenvalue weighted by Gasteiger charge is -2.40. The fraction of sp³-hybridized carbons (Fsp3) is 1.00. The lowest BCUT2D eigenvalue weighted by molar-refractivity contribution is -0.127. The lowest BCUT2D eigenvalue weighted by Crippen LogP contribution is -2.47. The number of aliphatic hydroxyl groups is 1. The third kappa shape index (κ3) is 2.71. The molecule has 1 N–H and O–H groups in total. The van der Waals surface area contributed by atoms with E-state index >= 15 is 0 Å². The molecule has 1 aliphatic carbocycles. The van der Waals surface area contributed by atoms with Crippen molar-refractivity contribution in [1.82, 2.24) is 0 Å². The van der Waals surface area contributed by atoms with E-state index in [0.29, 0.717) is 5.92 Å². The Morgan fingerprint density at radius 3 is 2.79 bits per heavy atom. The Hall–Kier alpha value is -0.0800. The highest BCUT2D eigenvalue weighted by Gasteiger charge is 2.39.